The lowest BCUT2D eigenvalue weighted by molar-refractivity contribution is -0.107. The average molecular weight is 294 g/mol. The molecule has 5 heteroatoms. The van der Waals surface area contributed by atoms with Gasteiger partial charge in [-0.3, -0.25) is 9.67 Å². The van der Waals surface area contributed by atoms with Crippen LogP contribution in [-0.4, -0.2) is 26.0 Å². The summed E-state index contributed by atoms with van der Waals surface area (Å²) in [5.41, 5.74) is 3.60. The largest absolute Gasteiger partial charge is 0.303 e. The van der Waals surface area contributed by atoms with Crippen LogP contribution >= 0.6 is 0 Å². The molecule has 5 nitrogen and oxygen atoms in total. The normalized spacial score (nSPS) is 10.9. The van der Waals surface area contributed by atoms with Crippen molar-refractivity contribution in [3.8, 4) is 11.3 Å². The molecule has 0 aliphatic carbocycles. The second-order valence-corrected chi connectivity index (χ2v) is 5.25. The summed E-state index contributed by atoms with van der Waals surface area (Å²) >= 11 is 0. The predicted octanol–water partition coefficient (Wildman–Crippen LogP) is 3.25. The van der Waals surface area contributed by atoms with E-state index in [2.05, 4.69) is 15.1 Å². The number of para-hydroxylation sites is 2. The Morgan fingerprint density at radius 1 is 1.05 bits per heavy atom. The van der Waals surface area contributed by atoms with Crippen LogP contribution in [0, 0.1) is 0 Å². The summed E-state index contributed by atoms with van der Waals surface area (Å²) in [7, 11) is 0. The topological polar surface area (TPSA) is 60.7 Å². The number of rotatable bonds is 7. The first-order chi connectivity index (χ1) is 10.9. The first-order valence-electron chi connectivity index (χ1n) is 7.55. The van der Waals surface area contributed by atoms with E-state index in [1.54, 1.807) is 6.20 Å². The second-order valence-electron chi connectivity index (χ2n) is 5.25. The molecule has 0 saturated carbocycles. The molecule has 112 valence electrons. The minimum atomic E-state index is 0.650. The van der Waals surface area contributed by atoms with Gasteiger partial charge in [0.2, 0.25) is 0 Å². The summed E-state index contributed by atoms with van der Waals surface area (Å²) in [5.74, 6) is 0. The van der Waals surface area contributed by atoms with Crippen molar-refractivity contribution in [3.05, 3.63) is 42.9 Å². The third kappa shape index (κ3) is 3.36. The minimum Gasteiger partial charge on any atom is -0.303 e. The first-order valence-corrected chi connectivity index (χ1v) is 7.55. The molecule has 1 aromatic carbocycles. The fourth-order valence-electron chi connectivity index (χ4n) is 2.39. The van der Waals surface area contributed by atoms with Crippen LogP contribution in [-0.2, 0) is 11.3 Å². The summed E-state index contributed by atoms with van der Waals surface area (Å²) in [6.45, 7) is 0.861. The Morgan fingerprint density at radius 3 is 2.77 bits per heavy atom. The van der Waals surface area contributed by atoms with E-state index in [0.717, 1.165) is 54.4 Å². The lowest BCUT2D eigenvalue weighted by atomic mass is 10.2. The molecule has 0 aliphatic heterocycles. The van der Waals surface area contributed by atoms with Crippen LogP contribution in [0.2, 0.25) is 0 Å². The van der Waals surface area contributed by atoms with Gasteiger partial charge >= 0.3 is 0 Å². The molecule has 0 unspecified atom stereocenters. The van der Waals surface area contributed by atoms with Crippen molar-refractivity contribution >= 4 is 17.3 Å². The number of unbranched alkanes of at least 4 members (excludes halogenated alkanes) is 3. The Balaban J connectivity index is 1.68. The number of hydrogen-bond donors (Lipinski definition) is 0. The SMILES string of the molecule is O=CCCCCCn1cc(-c2cnc3ccccc3n2)cn1. The highest BCUT2D eigenvalue weighted by Gasteiger charge is 2.05. The van der Waals surface area contributed by atoms with Crippen LogP contribution in [0.3, 0.4) is 0 Å². The molecule has 0 atom stereocenters. The molecule has 22 heavy (non-hydrogen) atoms. The Hall–Kier alpha value is -2.56. The van der Waals surface area contributed by atoms with E-state index in [9.17, 15) is 4.79 Å². The van der Waals surface area contributed by atoms with Crippen LogP contribution < -0.4 is 0 Å². The van der Waals surface area contributed by atoms with Crippen molar-refractivity contribution in [1.29, 1.82) is 0 Å². The summed E-state index contributed by atoms with van der Waals surface area (Å²) in [5, 5.41) is 4.37. The van der Waals surface area contributed by atoms with E-state index in [0.29, 0.717) is 6.42 Å². The first kappa shape index (κ1) is 14.4. The number of carbonyl (C=O) groups is 1. The Bertz CT molecular complexity index is 766. The van der Waals surface area contributed by atoms with Crippen LogP contribution in [0.15, 0.2) is 42.9 Å². The smallest absolute Gasteiger partial charge is 0.119 e. The van der Waals surface area contributed by atoms with Crippen molar-refractivity contribution < 1.29 is 4.79 Å². The quantitative estimate of drug-likeness (QED) is 0.496. The van der Waals surface area contributed by atoms with Gasteiger partial charge in [-0.15, -0.1) is 0 Å². The van der Waals surface area contributed by atoms with Gasteiger partial charge in [-0.2, -0.15) is 5.10 Å². The molecule has 0 radical (unpaired) electrons. The van der Waals surface area contributed by atoms with Gasteiger partial charge in [0.05, 0.1) is 29.1 Å². The third-order valence-electron chi connectivity index (χ3n) is 3.59. The fraction of sp³-hybridized carbons (Fsp3) is 0.294. The van der Waals surface area contributed by atoms with Crippen molar-refractivity contribution in [2.24, 2.45) is 0 Å². The number of aryl methyl sites for hydroxylation is 1. The van der Waals surface area contributed by atoms with Gasteiger partial charge in [-0.05, 0) is 25.0 Å². The lowest BCUT2D eigenvalue weighted by Gasteiger charge is -2.01. The predicted molar refractivity (Wildman–Crippen MR) is 85.3 cm³/mol. The molecule has 0 aliphatic rings. The van der Waals surface area contributed by atoms with Gasteiger partial charge in [0.1, 0.15) is 6.29 Å². The van der Waals surface area contributed by atoms with E-state index < -0.39 is 0 Å². The maximum absolute atomic E-state index is 10.3. The van der Waals surface area contributed by atoms with Crippen LogP contribution in [0.4, 0.5) is 0 Å². The highest BCUT2D eigenvalue weighted by Crippen LogP contribution is 2.18. The fourth-order valence-corrected chi connectivity index (χ4v) is 2.39. The summed E-state index contributed by atoms with van der Waals surface area (Å²) in [6, 6.07) is 7.83. The van der Waals surface area contributed by atoms with E-state index in [4.69, 9.17) is 0 Å². The third-order valence-corrected chi connectivity index (χ3v) is 3.59. The standard InChI is InChI=1S/C17H18N4O/c22-10-6-2-1-5-9-21-13-14(11-19-21)17-12-18-15-7-3-4-8-16(15)20-17/h3-4,7-8,10-13H,1-2,5-6,9H2. The summed E-state index contributed by atoms with van der Waals surface area (Å²) in [4.78, 5) is 19.3. The zero-order valence-electron chi connectivity index (χ0n) is 12.4. The maximum atomic E-state index is 10.3. The number of benzene rings is 1. The number of hydrogen-bond acceptors (Lipinski definition) is 4. The minimum absolute atomic E-state index is 0.650. The average Bonchev–Trinajstić information content (AvgIpc) is 3.03. The van der Waals surface area contributed by atoms with Gasteiger partial charge in [-0.25, -0.2) is 4.98 Å². The lowest BCUT2D eigenvalue weighted by Crippen LogP contribution is -1.98. The van der Waals surface area contributed by atoms with Gasteiger partial charge in [-0.1, -0.05) is 18.6 Å². The molecule has 0 N–H and O–H groups in total. The second kappa shape index (κ2) is 6.93. The van der Waals surface area contributed by atoms with Crippen molar-refractivity contribution in [1.82, 2.24) is 19.7 Å². The van der Waals surface area contributed by atoms with Crippen LogP contribution in [0.1, 0.15) is 25.7 Å². The molecule has 2 heterocycles. The Kier molecular flexibility index (Phi) is 4.53. The highest BCUT2D eigenvalue weighted by molar-refractivity contribution is 5.76. The Morgan fingerprint density at radius 2 is 1.91 bits per heavy atom. The molecule has 0 fully saturated rings. The van der Waals surface area contributed by atoms with Crippen molar-refractivity contribution in [3.63, 3.8) is 0 Å². The number of aldehydes is 1. The summed E-state index contributed by atoms with van der Waals surface area (Å²) in [6.07, 6.45) is 10.3. The highest BCUT2D eigenvalue weighted by atomic mass is 16.1. The molecule has 0 saturated heterocycles. The van der Waals surface area contributed by atoms with E-state index in [1.165, 1.54) is 0 Å². The summed E-state index contributed by atoms with van der Waals surface area (Å²) < 4.78 is 1.92. The molecule has 3 aromatic rings. The van der Waals surface area contributed by atoms with E-state index in [-0.39, 0.29) is 0 Å². The molecule has 3 rings (SSSR count). The monoisotopic (exact) mass is 294 g/mol. The molecule has 0 spiro atoms. The van der Waals surface area contributed by atoms with Gasteiger partial charge in [0, 0.05) is 24.7 Å². The zero-order chi connectivity index (χ0) is 15.2. The van der Waals surface area contributed by atoms with E-state index in [1.807, 2.05) is 41.3 Å². The number of carbonyl (C=O) groups excluding carboxylic acids is 1. The van der Waals surface area contributed by atoms with E-state index >= 15 is 0 Å². The van der Waals surface area contributed by atoms with Crippen molar-refractivity contribution in [2.45, 2.75) is 32.2 Å². The van der Waals surface area contributed by atoms with Gasteiger partial charge in [0.25, 0.3) is 0 Å². The molecule has 0 amide bonds. The van der Waals surface area contributed by atoms with Gasteiger partial charge in [0.15, 0.2) is 0 Å². The molecular formula is C17H18N4O. The van der Waals surface area contributed by atoms with Crippen molar-refractivity contribution in [2.75, 3.05) is 0 Å². The molecule has 2 aromatic heterocycles. The number of nitrogens with zero attached hydrogens (tertiary/aromatic N) is 4. The Labute approximate surface area is 129 Å². The number of fused-ring (bicyclic) bond motifs is 1. The maximum Gasteiger partial charge on any atom is 0.119 e. The van der Waals surface area contributed by atoms with Crippen LogP contribution in [0.5, 0.6) is 0 Å². The molecule has 0 bridgehead atoms. The number of aromatic nitrogens is 4. The molecular weight excluding hydrogens is 276 g/mol. The van der Waals surface area contributed by atoms with Crippen LogP contribution in [0.25, 0.3) is 22.3 Å². The van der Waals surface area contributed by atoms with Gasteiger partial charge < -0.3 is 4.79 Å². The zero-order valence-corrected chi connectivity index (χ0v) is 12.4.